The molecule has 3 aromatic carbocycles. The van der Waals surface area contributed by atoms with Crippen molar-refractivity contribution in [1.29, 1.82) is 0 Å². The van der Waals surface area contributed by atoms with Crippen LogP contribution in [0.3, 0.4) is 0 Å². The van der Waals surface area contributed by atoms with Gasteiger partial charge in [-0.1, -0.05) is 76.6 Å². The second kappa shape index (κ2) is 10.4. The lowest BCUT2D eigenvalue weighted by Crippen LogP contribution is -2.19. The lowest BCUT2D eigenvalue weighted by molar-refractivity contribution is 0.102. The number of ketones is 1. The Morgan fingerprint density at radius 1 is 0.900 bits per heavy atom. The monoisotopic (exact) mass is 487 g/mol. The minimum Gasteiger partial charge on any atom is -0.487 e. The summed E-state index contributed by atoms with van der Waals surface area (Å²) >= 11 is 3.15. The van der Waals surface area contributed by atoms with E-state index in [0.717, 1.165) is 11.1 Å². The van der Waals surface area contributed by atoms with Gasteiger partial charge in [0.05, 0.1) is 16.8 Å². The standard InChI is InChI=1S/C23H22BrNO4S/c24-16-22(26)20-11-12-23(29-17-19-9-5-2-6-10-19)21(15-20)25-30(27,28)14-13-18-7-3-1-4-8-18/h1-12,15,25H,13-14,16-17H2. The summed E-state index contributed by atoms with van der Waals surface area (Å²) in [5, 5.41) is 0.150. The number of hydrogen-bond donors (Lipinski definition) is 1. The van der Waals surface area contributed by atoms with Crippen LogP contribution in [0.15, 0.2) is 78.9 Å². The van der Waals surface area contributed by atoms with Crippen LogP contribution in [0.4, 0.5) is 5.69 Å². The highest BCUT2D eigenvalue weighted by Gasteiger charge is 2.16. The van der Waals surface area contributed by atoms with Crippen molar-refractivity contribution in [3.8, 4) is 5.75 Å². The van der Waals surface area contributed by atoms with E-state index in [9.17, 15) is 13.2 Å². The van der Waals surface area contributed by atoms with Crippen molar-refractivity contribution in [2.45, 2.75) is 13.0 Å². The average molecular weight is 488 g/mol. The normalized spacial score (nSPS) is 11.1. The summed E-state index contributed by atoms with van der Waals surface area (Å²) in [5.74, 6) is 0.147. The second-order valence-corrected chi connectivity index (χ2v) is 9.10. The van der Waals surface area contributed by atoms with Crippen molar-refractivity contribution in [2.24, 2.45) is 0 Å². The van der Waals surface area contributed by atoms with Gasteiger partial charge in [0.2, 0.25) is 10.0 Å². The molecule has 0 bridgehead atoms. The highest BCUT2D eigenvalue weighted by molar-refractivity contribution is 9.09. The van der Waals surface area contributed by atoms with E-state index < -0.39 is 10.0 Å². The number of anilines is 1. The van der Waals surface area contributed by atoms with Crippen LogP contribution >= 0.6 is 15.9 Å². The summed E-state index contributed by atoms with van der Waals surface area (Å²) in [4.78, 5) is 12.1. The summed E-state index contributed by atoms with van der Waals surface area (Å²) in [6.45, 7) is 0.283. The molecule has 0 aliphatic rings. The van der Waals surface area contributed by atoms with Gasteiger partial charge in [0.1, 0.15) is 12.4 Å². The fourth-order valence-electron chi connectivity index (χ4n) is 2.84. The van der Waals surface area contributed by atoms with Crippen molar-refractivity contribution in [3.63, 3.8) is 0 Å². The lowest BCUT2D eigenvalue weighted by atomic mass is 10.1. The zero-order chi connectivity index (χ0) is 21.4. The molecule has 0 heterocycles. The van der Waals surface area contributed by atoms with Crippen LogP contribution in [-0.2, 0) is 23.1 Å². The van der Waals surface area contributed by atoms with Crippen molar-refractivity contribution in [2.75, 3.05) is 15.8 Å². The number of rotatable bonds is 10. The molecule has 3 aromatic rings. The Kier molecular flexibility index (Phi) is 7.65. The first-order valence-corrected chi connectivity index (χ1v) is 12.2. The lowest BCUT2D eigenvalue weighted by Gasteiger charge is -2.15. The van der Waals surface area contributed by atoms with E-state index in [1.165, 1.54) is 6.07 Å². The van der Waals surface area contributed by atoms with Crippen molar-refractivity contribution in [3.05, 3.63) is 95.6 Å². The molecule has 0 atom stereocenters. The van der Waals surface area contributed by atoms with Gasteiger partial charge in [-0.05, 0) is 35.7 Å². The zero-order valence-electron chi connectivity index (χ0n) is 16.3. The highest BCUT2D eigenvalue weighted by Crippen LogP contribution is 2.28. The van der Waals surface area contributed by atoms with E-state index >= 15 is 0 Å². The summed E-state index contributed by atoms with van der Waals surface area (Å²) in [6.07, 6.45) is 0.385. The Bertz CT molecular complexity index is 1090. The third kappa shape index (κ3) is 6.43. The van der Waals surface area contributed by atoms with E-state index in [-0.39, 0.29) is 29.2 Å². The van der Waals surface area contributed by atoms with E-state index in [2.05, 4.69) is 20.7 Å². The van der Waals surface area contributed by atoms with Crippen LogP contribution in [0.1, 0.15) is 21.5 Å². The molecule has 0 amide bonds. The molecule has 3 rings (SSSR count). The number of carbonyl (C=O) groups excluding carboxylic acids is 1. The molecule has 0 unspecified atom stereocenters. The molecule has 1 N–H and O–H groups in total. The Hall–Kier alpha value is -2.64. The fraction of sp³-hybridized carbons (Fsp3) is 0.174. The minimum atomic E-state index is -3.64. The fourth-order valence-corrected chi connectivity index (χ4v) is 4.26. The Morgan fingerprint density at radius 2 is 1.53 bits per heavy atom. The van der Waals surface area contributed by atoms with E-state index in [1.54, 1.807) is 12.1 Å². The number of carbonyl (C=O) groups is 1. The van der Waals surface area contributed by atoms with Gasteiger partial charge in [0.25, 0.3) is 0 Å². The number of hydrogen-bond acceptors (Lipinski definition) is 4. The molecule has 0 saturated heterocycles. The largest absolute Gasteiger partial charge is 0.487 e. The number of sulfonamides is 1. The van der Waals surface area contributed by atoms with Crippen molar-refractivity contribution < 1.29 is 17.9 Å². The number of halogens is 1. The summed E-state index contributed by atoms with van der Waals surface area (Å²) in [7, 11) is -3.64. The number of ether oxygens (including phenoxy) is 1. The van der Waals surface area contributed by atoms with Crippen LogP contribution < -0.4 is 9.46 Å². The van der Waals surface area contributed by atoms with E-state index in [0.29, 0.717) is 17.7 Å². The third-order valence-corrected chi connectivity index (χ3v) is 6.21. The summed E-state index contributed by atoms with van der Waals surface area (Å²) in [6, 6.07) is 23.8. The SMILES string of the molecule is O=C(CBr)c1ccc(OCc2ccccc2)c(NS(=O)(=O)CCc2ccccc2)c1. The predicted molar refractivity (Wildman–Crippen MR) is 123 cm³/mol. The Labute approximate surface area is 185 Å². The van der Waals surface area contributed by atoms with Crippen LogP contribution in [-0.4, -0.2) is 25.3 Å². The maximum absolute atomic E-state index is 12.7. The molecule has 7 heteroatoms. The molecule has 0 saturated carbocycles. The van der Waals surface area contributed by atoms with Crippen LogP contribution in [0.5, 0.6) is 5.75 Å². The third-order valence-electron chi connectivity index (χ3n) is 4.43. The van der Waals surface area contributed by atoms with Gasteiger partial charge in [0.15, 0.2) is 5.78 Å². The molecule has 0 fully saturated rings. The number of Topliss-reactive ketones (excluding diaryl/α,β-unsaturated/α-hetero) is 1. The van der Waals surface area contributed by atoms with Gasteiger partial charge < -0.3 is 4.74 Å². The molecule has 0 aromatic heterocycles. The molecule has 30 heavy (non-hydrogen) atoms. The molecular formula is C23H22BrNO4S. The molecular weight excluding hydrogens is 466 g/mol. The number of nitrogens with one attached hydrogen (secondary N) is 1. The molecule has 5 nitrogen and oxygen atoms in total. The minimum absolute atomic E-state index is 0.0776. The first kappa shape index (κ1) is 22.1. The molecule has 0 spiro atoms. The van der Waals surface area contributed by atoms with Crippen LogP contribution in [0, 0.1) is 0 Å². The second-order valence-electron chi connectivity index (χ2n) is 6.70. The zero-order valence-corrected chi connectivity index (χ0v) is 18.7. The quantitative estimate of drug-likeness (QED) is 0.328. The maximum Gasteiger partial charge on any atom is 0.233 e. The van der Waals surface area contributed by atoms with E-state index in [4.69, 9.17) is 4.74 Å². The van der Waals surface area contributed by atoms with Gasteiger partial charge in [0, 0.05) is 5.56 Å². The first-order chi connectivity index (χ1) is 14.5. The van der Waals surface area contributed by atoms with Gasteiger partial charge in [-0.2, -0.15) is 0 Å². The summed E-state index contributed by atoms with van der Waals surface area (Å²) < 4.78 is 33.8. The number of alkyl halides is 1. The first-order valence-electron chi connectivity index (χ1n) is 9.41. The van der Waals surface area contributed by atoms with Gasteiger partial charge in [-0.25, -0.2) is 8.42 Å². The maximum atomic E-state index is 12.7. The van der Waals surface area contributed by atoms with Gasteiger partial charge in [-0.15, -0.1) is 0 Å². The molecule has 0 aliphatic heterocycles. The smallest absolute Gasteiger partial charge is 0.233 e. The van der Waals surface area contributed by atoms with Crippen LogP contribution in [0.25, 0.3) is 0 Å². The van der Waals surface area contributed by atoms with Crippen LogP contribution in [0.2, 0.25) is 0 Å². The molecule has 0 aliphatic carbocycles. The number of aryl methyl sites for hydroxylation is 1. The average Bonchev–Trinajstić information content (AvgIpc) is 2.77. The Balaban J connectivity index is 1.79. The Morgan fingerprint density at radius 3 is 2.17 bits per heavy atom. The van der Waals surface area contributed by atoms with Gasteiger partial charge >= 0.3 is 0 Å². The highest BCUT2D eigenvalue weighted by atomic mass is 79.9. The van der Waals surface area contributed by atoms with E-state index in [1.807, 2.05) is 60.7 Å². The van der Waals surface area contributed by atoms with Gasteiger partial charge in [-0.3, -0.25) is 9.52 Å². The van der Waals surface area contributed by atoms with Crippen molar-refractivity contribution >= 4 is 37.4 Å². The van der Waals surface area contributed by atoms with Crippen molar-refractivity contribution in [1.82, 2.24) is 0 Å². The molecule has 156 valence electrons. The molecule has 0 radical (unpaired) electrons. The number of benzene rings is 3. The predicted octanol–water partition coefficient (Wildman–Crippen LogP) is 4.83. The summed E-state index contributed by atoms with van der Waals surface area (Å²) in [5.41, 5.74) is 2.55. The topological polar surface area (TPSA) is 72.5 Å².